The van der Waals surface area contributed by atoms with E-state index in [1.807, 2.05) is 29.6 Å². The Morgan fingerprint density at radius 3 is 2.47 bits per heavy atom. The fourth-order valence-corrected chi connectivity index (χ4v) is 3.11. The highest BCUT2D eigenvalue weighted by atomic mass is 79.9. The first kappa shape index (κ1) is 12.5. The van der Waals surface area contributed by atoms with Crippen molar-refractivity contribution in [3.05, 3.63) is 64.2 Å². The van der Waals surface area contributed by atoms with E-state index in [-0.39, 0.29) is 5.82 Å². The maximum atomic E-state index is 12.9. The summed E-state index contributed by atoms with van der Waals surface area (Å²) in [6.07, 6.45) is 0. The summed E-state index contributed by atoms with van der Waals surface area (Å²) in [5.74, 6) is -0.230. The first-order valence-electron chi connectivity index (χ1n) is 5.70. The Hall–Kier alpha value is -1.52. The van der Waals surface area contributed by atoms with Crippen molar-refractivity contribution in [1.29, 1.82) is 0 Å². The van der Waals surface area contributed by atoms with Crippen molar-refractivity contribution in [3.8, 4) is 21.8 Å². The first-order chi connectivity index (χ1) is 9.24. The monoisotopic (exact) mass is 333 g/mol. The van der Waals surface area contributed by atoms with Crippen molar-refractivity contribution in [1.82, 2.24) is 4.98 Å². The van der Waals surface area contributed by atoms with Gasteiger partial charge in [-0.1, -0.05) is 34.1 Å². The Morgan fingerprint density at radius 1 is 1.00 bits per heavy atom. The molecule has 0 aliphatic heterocycles. The molecule has 0 saturated heterocycles. The standard InChI is InChI=1S/C15H9BrFNS/c16-13-4-2-1-3-12(13)14-9-19-15(18-14)10-5-7-11(17)8-6-10/h1-9H. The number of rotatable bonds is 2. The smallest absolute Gasteiger partial charge is 0.124 e. The van der Waals surface area contributed by atoms with Gasteiger partial charge in [0.05, 0.1) is 5.69 Å². The molecule has 0 bridgehead atoms. The van der Waals surface area contributed by atoms with Crippen LogP contribution in [-0.4, -0.2) is 4.98 Å². The number of aromatic nitrogens is 1. The topological polar surface area (TPSA) is 12.9 Å². The van der Waals surface area contributed by atoms with E-state index >= 15 is 0 Å². The SMILES string of the molecule is Fc1ccc(-c2nc(-c3ccccc3Br)cs2)cc1. The molecule has 0 unspecified atom stereocenters. The molecule has 1 heterocycles. The number of nitrogens with zero attached hydrogens (tertiary/aromatic N) is 1. The Labute approximate surface area is 122 Å². The molecular formula is C15H9BrFNS. The van der Waals surface area contributed by atoms with Crippen LogP contribution >= 0.6 is 27.3 Å². The molecule has 2 aromatic carbocycles. The molecule has 1 nitrogen and oxygen atoms in total. The first-order valence-corrected chi connectivity index (χ1v) is 7.38. The van der Waals surface area contributed by atoms with Gasteiger partial charge in [-0.3, -0.25) is 0 Å². The van der Waals surface area contributed by atoms with Crippen LogP contribution in [0.2, 0.25) is 0 Å². The van der Waals surface area contributed by atoms with Gasteiger partial charge in [0.15, 0.2) is 0 Å². The molecule has 0 aliphatic carbocycles. The highest BCUT2D eigenvalue weighted by Gasteiger charge is 2.08. The summed E-state index contributed by atoms with van der Waals surface area (Å²) in [6, 6.07) is 14.4. The van der Waals surface area contributed by atoms with E-state index in [0.29, 0.717) is 0 Å². The fourth-order valence-electron chi connectivity index (χ4n) is 1.79. The van der Waals surface area contributed by atoms with Gasteiger partial charge in [0.25, 0.3) is 0 Å². The van der Waals surface area contributed by atoms with E-state index in [2.05, 4.69) is 20.9 Å². The summed E-state index contributed by atoms with van der Waals surface area (Å²) in [4.78, 5) is 4.61. The van der Waals surface area contributed by atoms with Gasteiger partial charge < -0.3 is 0 Å². The maximum absolute atomic E-state index is 12.9. The van der Waals surface area contributed by atoms with Gasteiger partial charge in [0.1, 0.15) is 10.8 Å². The van der Waals surface area contributed by atoms with E-state index in [1.165, 1.54) is 12.1 Å². The summed E-state index contributed by atoms with van der Waals surface area (Å²) in [7, 11) is 0. The molecular weight excluding hydrogens is 325 g/mol. The lowest BCUT2D eigenvalue weighted by Crippen LogP contribution is -1.81. The molecule has 3 rings (SSSR count). The van der Waals surface area contributed by atoms with Crippen LogP contribution in [0.1, 0.15) is 0 Å². The Balaban J connectivity index is 2.00. The Morgan fingerprint density at radius 2 is 1.74 bits per heavy atom. The molecule has 0 saturated carbocycles. The van der Waals surface area contributed by atoms with E-state index in [1.54, 1.807) is 23.5 Å². The lowest BCUT2D eigenvalue weighted by molar-refractivity contribution is 0.628. The number of benzene rings is 2. The van der Waals surface area contributed by atoms with Gasteiger partial charge in [0, 0.05) is 21.0 Å². The molecule has 3 aromatic rings. The van der Waals surface area contributed by atoms with Crippen LogP contribution in [0, 0.1) is 5.82 Å². The number of hydrogen-bond acceptors (Lipinski definition) is 2. The third kappa shape index (κ3) is 2.60. The van der Waals surface area contributed by atoms with Crippen LogP contribution in [0.25, 0.3) is 21.8 Å². The van der Waals surface area contributed by atoms with Gasteiger partial charge in [-0.25, -0.2) is 9.37 Å². The number of hydrogen-bond donors (Lipinski definition) is 0. The van der Waals surface area contributed by atoms with Gasteiger partial charge in [0.2, 0.25) is 0 Å². The minimum Gasteiger partial charge on any atom is -0.236 e. The lowest BCUT2D eigenvalue weighted by Gasteiger charge is -1.99. The normalized spacial score (nSPS) is 10.6. The summed E-state index contributed by atoms with van der Waals surface area (Å²) >= 11 is 5.08. The van der Waals surface area contributed by atoms with Gasteiger partial charge in [-0.15, -0.1) is 11.3 Å². The number of thiazole rings is 1. The van der Waals surface area contributed by atoms with Crippen molar-refractivity contribution in [2.75, 3.05) is 0 Å². The molecule has 0 atom stereocenters. The van der Waals surface area contributed by atoms with Crippen molar-refractivity contribution in [2.24, 2.45) is 0 Å². The summed E-state index contributed by atoms with van der Waals surface area (Å²) in [5.41, 5.74) is 2.92. The summed E-state index contributed by atoms with van der Waals surface area (Å²) in [5, 5.41) is 2.91. The van der Waals surface area contributed by atoms with E-state index < -0.39 is 0 Å². The van der Waals surface area contributed by atoms with E-state index in [4.69, 9.17) is 0 Å². The van der Waals surface area contributed by atoms with Crippen LogP contribution < -0.4 is 0 Å². The summed E-state index contributed by atoms with van der Waals surface area (Å²) < 4.78 is 13.9. The third-order valence-electron chi connectivity index (χ3n) is 2.75. The minimum atomic E-state index is -0.230. The Kier molecular flexibility index (Phi) is 3.44. The third-order valence-corrected chi connectivity index (χ3v) is 4.33. The highest BCUT2D eigenvalue weighted by Crippen LogP contribution is 2.32. The number of halogens is 2. The van der Waals surface area contributed by atoms with E-state index in [9.17, 15) is 4.39 Å². The van der Waals surface area contributed by atoms with Crippen molar-refractivity contribution < 1.29 is 4.39 Å². The zero-order valence-electron chi connectivity index (χ0n) is 9.81. The van der Waals surface area contributed by atoms with Crippen LogP contribution in [0.5, 0.6) is 0 Å². The van der Waals surface area contributed by atoms with Crippen LogP contribution in [0.3, 0.4) is 0 Å². The molecule has 0 aliphatic rings. The molecule has 0 N–H and O–H groups in total. The van der Waals surface area contributed by atoms with Crippen molar-refractivity contribution in [2.45, 2.75) is 0 Å². The lowest BCUT2D eigenvalue weighted by atomic mass is 10.2. The molecule has 0 fully saturated rings. The Bertz CT molecular complexity index is 706. The predicted molar refractivity (Wildman–Crippen MR) is 80.6 cm³/mol. The molecule has 0 radical (unpaired) electrons. The second-order valence-electron chi connectivity index (χ2n) is 4.02. The zero-order chi connectivity index (χ0) is 13.2. The summed E-state index contributed by atoms with van der Waals surface area (Å²) in [6.45, 7) is 0. The van der Waals surface area contributed by atoms with Gasteiger partial charge >= 0.3 is 0 Å². The molecule has 0 spiro atoms. The average Bonchev–Trinajstić information content (AvgIpc) is 2.89. The molecule has 19 heavy (non-hydrogen) atoms. The second-order valence-corrected chi connectivity index (χ2v) is 5.74. The average molecular weight is 334 g/mol. The van der Waals surface area contributed by atoms with Gasteiger partial charge in [-0.2, -0.15) is 0 Å². The predicted octanol–water partition coefficient (Wildman–Crippen LogP) is 5.38. The second kappa shape index (κ2) is 5.23. The molecule has 94 valence electrons. The maximum Gasteiger partial charge on any atom is 0.124 e. The minimum absolute atomic E-state index is 0.230. The largest absolute Gasteiger partial charge is 0.236 e. The fraction of sp³-hybridized carbons (Fsp3) is 0. The van der Waals surface area contributed by atoms with Gasteiger partial charge in [-0.05, 0) is 30.3 Å². The van der Waals surface area contributed by atoms with Crippen LogP contribution in [0.4, 0.5) is 4.39 Å². The quantitative estimate of drug-likeness (QED) is 0.613. The van der Waals surface area contributed by atoms with Crippen LogP contribution in [0.15, 0.2) is 58.4 Å². The zero-order valence-corrected chi connectivity index (χ0v) is 12.2. The molecule has 4 heteroatoms. The molecule has 1 aromatic heterocycles. The van der Waals surface area contributed by atoms with Crippen molar-refractivity contribution >= 4 is 27.3 Å². The van der Waals surface area contributed by atoms with Crippen molar-refractivity contribution in [3.63, 3.8) is 0 Å². The molecule has 0 amide bonds. The highest BCUT2D eigenvalue weighted by molar-refractivity contribution is 9.10. The van der Waals surface area contributed by atoms with Crippen LogP contribution in [-0.2, 0) is 0 Å². The van der Waals surface area contributed by atoms with E-state index in [0.717, 1.165) is 26.3 Å².